The Hall–Kier alpha value is -3.44. The van der Waals surface area contributed by atoms with E-state index in [1.807, 2.05) is 80.6 Å². The Morgan fingerprint density at radius 3 is 2.22 bits per heavy atom. The number of nitrogens with zero attached hydrogens (tertiary/aromatic N) is 2. The molecule has 32 heavy (non-hydrogen) atoms. The number of aryl methyl sites for hydroxylation is 2. The Morgan fingerprint density at radius 1 is 0.844 bits per heavy atom. The van der Waals surface area contributed by atoms with Gasteiger partial charge in [-0.2, -0.15) is 0 Å². The van der Waals surface area contributed by atoms with Crippen molar-refractivity contribution < 1.29 is 9.59 Å². The summed E-state index contributed by atoms with van der Waals surface area (Å²) in [7, 11) is 0. The van der Waals surface area contributed by atoms with Crippen LogP contribution in [0.3, 0.4) is 0 Å². The summed E-state index contributed by atoms with van der Waals surface area (Å²) in [5.41, 5.74) is 5.28. The van der Waals surface area contributed by atoms with E-state index in [-0.39, 0.29) is 11.8 Å². The number of fused-ring (bicyclic) bond motifs is 2. The molecule has 0 saturated heterocycles. The van der Waals surface area contributed by atoms with Crippen LogP contribution in [0.15, 0.2) is 72.8 Å². The third kappa shape index (κ3) is 4.58. The van der Waals surface area contributed by atoms with E-state index in [1.165, 1.54) is 0 Å². The zero-order valence-corrected chi connectivity index (χ0v) is 18.7. The summed E-state index contributed by atoms with van der Waals surface area (Å²) in [5.74, 6) is -0.128. The highest BCUT2D eigenvalue weighted by Gasteiger charge is 2.27. The zero-order valence-electron chi connectivity index (χ0n) is 18.7. The smallest absolute Gasteiger partial charge is 0.262 e. The van der Waals surface area contributed by atoms with Gasteiger partial charge in [0.15, 0.2) is 0 Å². The number of rotatable bonds is 6. The second-order valence-corrected chi connectivity index (χ2v) is 7.99. The highest BCUT2D eigenvalue weighted by atomic mass is 16.2. The minimum Gasteiger partial charge on any atom is -0.325 e. The van der Waals surface area contributed by atoms with Crippen molar-refractivity contribution >= 4 is 28.9 Å². The predicted molar refractivity (Wildman–Crippen MR) is 130 cm³/mol. The van der Waals surface area contributed by atoms with Crippen molar-refractivity contribution in [3.63, 3.8) is 0 Å². The lowest BCUT2D eigenvalue weighted by Crippen LogP contribution is -2.33. The van der Waals surface area contributed by atoms with Gasteiger partial charge in [0.25, 0.3) is 5.91 Å². The normalized spacial score (nSPS) is 12.7. The molecule has 0 bridgehead atoms. The van der Waals surface area contributed by atoms with Crippen LogP contribution >= 0.6 is 0 Å². The number of anilines is 3. The molecule has 0 atom stereocenters. The number of hydrogen-bond donors (Lipinski definition) is 1. The first kappa shape index (κ1) is 21.8. The topological polar surface area (TPSA) is 52.7 Å². The van der Waals surface area contributed by atoms with Crippen LogP contribution < -0.4 is 10.2 Å². The second-order valence-electron chi connectivity index (χ2n) is 7.99. The summed E-state index contributed by atoms with van der Waals surface area (Å²) in [6.07, 6.45) is 1.69. The maximum absolute atomic E-state index is 13.7. The number of para-hydroxylation sites is 1. The molecule has 3 aromatic carbocycles. The lowest BCUT2D eigenvalue weighted by molar-refractivity contribution is -0.117. The average Bonchev–Trinajstić information content (AvgIpc) is 2.99. The van der Waals surface area contributed by atoms with Gasteiger partial charge in [0.05, 0.1) is 17.9 Å². The summed E-state index contributed by atoms with van der Waals surface area (Å²) in [6.45, 7) is 6.08. The van der Waals surface area contributed by atoms with E-state index in [1.54, 1.807) is 4.90 Å². The summed E-state index contributed by atoms with van der Waals surface area (Å²) >= 11 is 0. The summed E-state index contributed by atoms with van der Waals surface area (Å²) in [6, 6.07) is 23.3. The standard InChI is InChI=1S/C27H29N3O2/c1-3-29(4-2)19-26(31)28-23-17-16-21-15-14-20-10-8-9-13-24(20)30(25(21)18-23)27(32)22-11-6-5-7-12-22/h5-13,16-18H,3-4,14-15,19H2,1-2H3,(H,28,31). The summed E-state index contributed by atoms with van der Waals surface area (Å²) in [5, 5.41) is 3.02. The fraction of sp³-hybridized carbons (Fsp3) is 0.259. The number of carbonyl (C=O) groups is 2. The predicted octanol–water partition coefficient (Wildman–Crippen LogP) is 5.04. The molecule has 0 aliphatic carbocycles. The Labute approximate surface area is 189 Å². The second kappa shape index (κ2) is 9.79. The third-order valence-corrected chi connectivity index (χ3v) is 5.99. The Kier molecular flexibility index (Phi) is 6.66. The monoisotopic (exact) mass is 427 g/mol. The molecule has 1 heterocycles. The fourth-order valence-electron chi connectivity index (χ4n) is 4.18. The van der Waals surface area contributed by atoms with Gasteiger partial charge in [-0.05, 0) is 67.4 Å². The molecule has 5 nitrogen and oxygen atoms in total. The number of amides is 2. The van der Waals surface area contributed by atoms with Gasteiger partial charge in [-0.15, -0.1) is 0 Å². The average molecular weight is 428 g/mol. The highest BCUT2D eigenvalue weighted by Crippen LogP contribution is 2.38. The van der Waals surface area contributed by atoms with E-state index in [4.69, 9.17) is 0 Å². The van der Waals surface area contributed by atoms with Crippen LogP contribution in [0.4, 0.5) is 17.1 Å². The Morgan fingerprint density at radius 2 is 1.50 bits per heavy atom. The molecule has 0 aromatic heterocycles. The van der Waals surface area contributed by atoms with E-state index in [9.17, 15) is 9.59 Å². The van der Waals surface area contributed by atoms with Gasteiger partial charge in [0.1, 0.15) is 0 Å². The van der Waals surface area contributed by atoms with Gasteiger partial charge in [-0.25, -0.2) is 0 Å². The molecule has 1 aliphatic heterocycles. The van der Waals surface area contributed by atoms with Gasteiger partial charge in [-0.1, -0.05) is 56.3 Å². The SMILES string of the molecule is CCN(CC)CC(=O)Nc1ccc2c(c1)N(C(=O)c1ccccc1)c1ccccc1CC2. The van der Waals surface area contributed by atoms with E-state index >= 15 is 0 Å². The van der Waals surface area contributed by atoms with Gasteiger partial charge in [-0.3, -0.25) is 19.4 Å². The van der Waals surface area contributed by atoms with Crippen LogP contribution in [0, 0.1) is 0 Å². The molecule has 164 valence electrons. The van der Waals surface area contributed by atoms with E-state index in [0.29, 0.717) is 17.8 Å². The van der Waals surface area contributed by atoms with E-state index < -0.39 is 0 Å². The molecular formula is C27H29N3O2. The Balaban J connectivity index is 1.73. The molecular weight excluding hydrogens is 398 g/mol. The first-order valence-electron chi connectivity index (χ1n) is 11.2. The van der Waals surface area contributed by atoms with Gasteiger partial charge in [0, 0.05) is 11.3 Å². The number of nitrogens with one attached hydrogen (secondary N) is 1. The lowest BCUT2D eigenvalue weighted by Gasteiger charge is -2.26. The van der Waals surface area contributed by atoms with Gasteiger partial charge in [0.2, 0.25) is 5.91 Å². The van der Waals surface area contributed by atoms with E-state index in [2.05, 4.69) is 16.3 Å². The molecule has 1 N–H and O–H groups in total. The molecule has 0 fully saturated rings. The molecule has 5 heteroatoms. The Bertz CT molecular complexity index is 1110. The van der Waals surface area contributed by atoms with Crippen LogP contribution in [-0.4, -0.2) is 36.3 Å². The molecule has 1 aliphatic rings. The van der Waals surface area contributed by atoms with Crippen LogP contribution in [0.2, 0.25) is 0 Å². The van der Waals surface area contributed by atoms with Crippen LogP contribution in [-0.2, 0) is 17.6 Å². The minimum absolute atomic E-state index is 0.0522. The largest absolute Gasteiger partial charge is 0.325 e. The molecule has 4 rings (SSSR count). The van der Waals surface area contributed by atoms with Crippen molar-refractivity contribution in [2.24, 2.45) is 0 Å². The number of benzene rings is 3. The molecule has 2 amide bonds. The first-order valence-corrected chi connectivity index (χ1v) is 11.2. The van der Waals surface area contributed by atoms with Crippen molar-refractivity contribution in [3.8, 4) is 0 Å². The van der Waals surface area contributed by atoms with Gasteiger partial charge < -0.3 is 5.32 Å². The molecule has 0 unspecified atom stereocenters. The zero-order chi connectivity index (χ0) is 22.5. The van der Waals surface area contributed by atoms with Crippen molar-refractivity contribution in [1.29, 1.82) is 0 Å². The van der Waals surface area contributed by atoms with Crippen molar-refractivity contribution in [1.82, 2.24) is 4.90 Å². The maximum Gasteiger partial charge on any atom is 0.262 e. The van der Waals surface area contributed by atoms with Crippen LogP contribution in [0.25, 0.3) is 0 Å². The fourth-order valence-corrected chi connectivity index (χ4v) is 4.18. The van der Waals surface area contributed by atoms with Gasteiger partial charge >= 0.3 is 0 Å². The first-order chi connectivity index (χ1) is 15.6. The maximum atomic E-state index is 13.7. The molecule has 0 radical (unpaired) electrons. The quantitative estimate of drug-likeness (QED) is 0.599. The minimum atomic E-state index is -0.0761. The van der Waals surface area contributed by atoms with Crippen LogP contribution in [0.1, 0.15) is 35.3 Å². The van der Waals surface area contributed by atoms with E-state index in [0.717, 1.165) is 48.4 Å². The van der Waals surface area contributed by atoms with Crippen molar-refractivity contribution in [2.75, 3.05) is 29.9 Å². The molecule has 3 aromatic rings. The number of carbonyl (C=O) groups excluding carboxylic acids is 2. The highest BCUT2D eigenvalue weighted by molar-refractivity contribution is 6.12. The molecule has 0 spiro atoms. The number of likely N-dealkylation sites (N-methyl/N-ethyl adjacent to an activating group) is 1. The lowest BCUT2D eigenvalue weighted by atomic mass is 10.0. The van der Waals surface area contributed by atoms with Crippen LogP contribution in [0.5, 0.6) is 0 Å². The van der Waals surface area contributed by atoms with Crippen molar-refractivity contribution in [3.05, 3.63) is 89.5 Å². The number of hydrogen-bond acceptors (Lipinski definition) is 3. The van der Waals surface area contributed by atoms with Crippen molar-refractivity contribution in [2.45, 2.75) is 26.7 Å². The molecule has 0 saturated carbocycles. The summed E-state index contributed by atoms with van der Waals surface area (Å²) < 4.78 is 0. The summed E-state index contributed by atoms with van der Waals surface area (Å²) in [4.78, 5) is 30.1. The third-order valence-electron chi connectivity index (χ3n) is 5.99.